The number of hydrazone groups is 1. The standard InChI is InChI=1S/C25H26N2O5S/c1-15-8-10-20(11-9-15)33(29,30)27-26-21-6-5-7-22-23(21)18(4)24(32-22)25(28)31-19-13-16(2)12-17(3)14-19/h8-14,27H,5-7H2,1-4H3/b26-21+. The van der Waals surface area contributed by atoms with Crippen LogP contribution < -0.4 is 9.57 Å². The van der Waals surface area contributed by atoms with E-state index in [0.717, 1.165) is 23.1 Å². The van der Waals surface area contributed by atoms with Crippen LogP contribution in [0, 0.1) is 27.7 Å². The third-order valence-electron chi connectivity index (χ3n) is 5.55. The number of hydrogen-bond acceptors (Lipinski definition) is 6. The van der Waals surface area contributed by atoms with E-state index >= 15 is 0 Å². The number of rotatable bonds is 5. The van der Waals surface area contributed by atoms with E-state index in [1.807, 2.05) is 26.8 Å². The van der Waals surface area contributed by atoms with E-state index in [4.69, 9.17) is 9.15 Å². The first-order chi connectivity index (χ1) is 15.6. The predicted molar refractivity (Wildman–Crippen MR) is 125 cm³/mol. The van der Waals surface area contributed by atoms with Gasteiger partial charge in [0.25, 0.3) is 10.0 Å². The molecule has 0 spiro atoms. The summed E-state index contributed by atoms with van der Waals surface area (Å²) in [5.41, 5.74) is 4.74. The second-order valence-electron chi connectivity index (χ2n) is 8.39. The van der Waals surface area contributed by atoms with Gasteiger partial charge in [-0.1, -0.05) is 23.8 Å². The molecule has 1 heterocycles. The third-order valence-corrected chi connectivity index (χ3v) is 6.77. The maximum Gasteiger partial charge on any atom is 0.379 e. The molecular weight excluding hydrogens is 440 g/mol. The normalized spacial score (nSPS) is 14.7. The summed E-state index contributed by atoms with van der Waals surface area (Å²) in [6, 6.07) is 12.1. The molecule has 8 heteroatoms. The molecule has 0 aliphatic heterocycles. The molecule has 0 fully saturated rings. The number of fused-ring (bicyclic) bond motifs is 1. The number of carbonyl (C=O) groups excluding carboxylic acids is 1. The first kappa shape index (κ1) is 22.8. The van der Waals surface area contributed by atoms with Crippen LogP contribution >= 0.6 is 0 Å². The zero-order valence-corrected chi connectivity index (χ0v) is 19.9. The van der Waals surface area contributed by atoms with Crippen molar-refractivity contribution in [2.45, 2.75) is 51.9 Å². The number of furan rings is 1. The second-order valence-corrected chi connectivity index (χ2v) is 10.0. The van der Waals surface area contributed by atoms with Crippen molar-refractivity contribution in [2.75, 3.05) is 0 Å². The van der Waals surface area contributed by atoms with Gasteiger partial charge in [-0.3, -0.25) is 0 Å². The number of carbonyl (C=O) groups is 1. The molecule has 2 aromatic carbocycles. The van der Waals surface area contributed by atoms with Crippen LogP contribution in [0.1, 0.15) is 57.0 Å². The van der Waals surface area contributed by atoms with Gasteiger partial charge in [-0.05, 0) is 75.9 Å². The lowest BCUT2D eigenvalue weighted by molar-refractivity contribution is 0.0698. The highest BCUT2D eigenvalue weighted by Crippen LogP contribution is 2.31. The Labute approximate surface area is 193 Å². The maximum absolute atomic E-state index is 12.8. The monoisotopic (exact) mass is 466 g/mol. The smallest absolute Gasteiger partial charge is 0.379 e. The minimum Gasteiger partial charge on any atom is -0.453 e. The molecule has 1 aliphatic carbocycles. The van der Waals surface area contributed by atoms with Crippen molar-refractivity contribution in [2.24, 2.45) is 5.10 Å². The van der Waals surface area contributed by atoms with Crippen molar-refractivity contribution in [3.8, 4) is 5.75 Å². The van der Waals surface area contributed by atoms with Crippen molar-refractivity contribution in [1.82, 2.24) is 4.83 Å². The molecule has 7 nitrogen and oxygen atoms in total. The summed E-state index contributed by atoms with van der Waals surface area (Å²) in [7, 11) is -3.81. The molecule has 3 aromatic rings. The molecule has 0 amide bonds. The Balaban J connectivity index is 1.60. The Bertz CT molecular complexity index is 1330. The third kappa shape index (κ3) is 4.85. The minimum atomic E-state index is -3.81. The maximum atomic E-state index is 12.8. The van der Waals surface area contributed by atoms with Crippen molar-refractivity contribution in [3.63, 3.8) is 0 Å². The van der Waals surface area contributed by atoms with Gasteiger partial charge in [0, 0.05) is 17.5 Å². The largest absolute Gasteiger partial charge is 0.453 e. The van der Waals surface area contributed by atoms with E-state index < -0.39 is 16.0 Å². The summed E-state index contributed by atoms with van der Waals surface area (Å²) < 4.78 is 36.7. The van der Waals surface area contributed by atoms with Crippen molar-refractivity contribution in [1.29, 1.82) is 0 Å². The van der Waals surface area contributed by atoms with E-state index in [1.54, 1.807) is 31.2 Å². The second kappa shape index (κ2) is 8.86. The summed E-state index contributed by atoms with van der Waals surface area (Å²) in [5, 5.41) is 4.20. The number of benzene rings is 2. The summed E-state index contributed by atoms with van der Waals surface area (Å²) >= 11 is 0. The molecule has 0 unspecified atom stereocenters. The molecule has 0 saturated heterocycles. The van der Waals surface area contributed by atoms with Crippen molar-refractivity contribution < 1.29 is 22.4 Å². The van der Waals surface area contributed by atoms with Gasteiger partial charge in [0.15, 0.2) is 0 Å². The number of nitrogens with zero attached hydrogens (tertiary/aromatic N) is 1. The average molecular weight is 467 g/mol. The lowest BCUT2D eigenvalue weighted by atomic mass is 9.93. The zero-order valence-electron chi connectivity index (χ0n) is 19.1. The SMILES string of the molecule is Cc1ccc(S(=O)(=O)N/N=C2\CCCc3oc(C(=O)Oc4cc(C)cc(C)c4)c(C)c32)cc1. The van der Waals surface area contributed by atoms with Crippen LogP contribution in [-0.4, -0.2) is 20.1 Å². The highest BCUT2D eigenvalue weighted by molar-refractivity contribution is 7.89. The molecule has 0 saturated carbocycles. The van der Waals surface area contributed by atoms with Crippen LogP contribution in [0.15, 0.2) is 56.9 Å². The number of nitrogens with one attached hydrogen (secondary N) is 1. The van der Waals surface area contributed by atoms with Crippen molar-refractivity contribution in [3.05, 3.63) is 81.8 Å². The fourth-order valence-electron chi connectivity index (χ4n) is 4.01. The van der Waals surface area contributed by atoms with Crippen LogP contribution in [0.4, 0.5) is 0 Å². The van der Waals surface area contributed by atoms with E-state index in [-0.39, 0.29) is 10.7 Å². The molecule has 0 radical (unpaired) electrons. The topological polar surface area (TPSA) is 98.0 Å². The zero-order chi connectivity index (χ0) is 23.8. The summed E-state index contributed by atoms with van der Waals surface area (Å²) in [5.74, 6) is 0.576. The minimum absolute atomic E-state index is 0.107. The Morgan fingerprint density at radius 3 is 2.30 bits per heavy atom. The lowest BCUT2D eigenvalue weighted by Crippen LogP contribution is -2.22. The highest BCUT2D eigenvalue weighted by atomic mass is 32.2. The number of ether oxygens (including phenoxy) is 1. The van der Waals surface area contributed by atoms with Crippen LogP contribution in [0.3, 0.4) is 0 Å². The van der Waals surface area contributed by atoms with E-state index in [1.165, 1.54) is 12.1 Å². The Morgan fingerprint density at radius 1 is 0.970 bits per heavy atom. The van der Waals surface area contributed by atoms with Gasteiger partial charge in [0.2, 0.25) is 5.76 Å². The first-order valence-corrected chi connectivity index (χ1v) is 12.2. The number of hydrogen-bond donors (Lipinski definition) is 1. The Kier molecular flexibility index (Phi) is 6.12. The van der Waals surface area contributed by atoms with Crippen LogP contribution in [0.2, 0.25) is 0 Å². The number of esters is 1. The molecule has 0 bridgehead atoms. The van der Waals surface area contributed by atoms with Gasteiger partial charge in [-0.25, -0.2) is 4.79 Å². The molecular formula is C25H26N2O5S. The average Bonchev–Trinajstić information content (AvgIpc) is 3.09. The Morgan fingerprint density at radius 2 is 1.64 bits per heavy atom. The van der Waals surface area contributed by atoms with Gasteiger partial charge >= 0.3 is 5.97 Å². The van der Waals surface area contributed by atoms with Crippen LogP contribution in [0.5, 0.6) is 5.75 Å². The van der Waals surface area contributed by atoms with E-state index in [2.05, 4.69) is 9.93 Å². The Hall–Kier alpha value is -3.39. The molecule has 1 aliphatic rings. The van der Waals surface area contributed by atoms with E-state index in [0.29, 0.717) is 41.2 Å². The van der Waals surface area contributed by atoms with Gasteiger partial charge in [0.05, 0.1) is 10.6 Å². The predicted octanol–water partition coefficient (Wildman–Crippen LogP) is 4.75. The van der Waals surface area contributed by atoms with Gasteiger partial charge in [-0.2, -0.15) is 18.4 Å². The van der Waals surface area contributed by atoms with Gasteiger partial charge in [0.1, 0.15) is 11.5 Å². The van der Waals surface area contributed by atoms with Gasteiger partial charge in [-0.15, -0.1) is 0 Å². The number of aryl methyl sites for hydroxylation is 4. The van der Waals surface area contributed by atoms with E-state index in [9.17, 15) is 13.2 Å². The quantitative estimate of drug-likeness (QED) is 0.332. The number of sulfonamides is 1. The molecule has 1 aromatic heterocycles. The fourth-order valence-corrected chi connectivity index (χ4v) is 4.84. The molecule has 172 valence electrons. The summed E-state index contributed by atoms with van der Waals surface area (Å²) in [6.45, 7) is 7.51. The highest BCUT2D eigenvalue weighted by Gasteiger charge is 2.29. The summed E-state index contributed by atoms with van der Waals surface area (Å²) in [6.07, 6.45) is 1.93. The van der Waals surface area contributed by atoms with Gasteiger partial charge < -0.3 is 9.15 Å². The molecule has 0 atom stereocenters. The van der Waals surface area contributed by atoms with Crippen LogP contribution in [0.25, 0.3) is 0 Å². The first-order valence-electron chi connectivity index (χ1n) is 10.7. The summed E-state index contributed by atoms with van der Waals surface area (Å²) in [4.78, 5) is 15.3. The van der Waals surface area contributed by atoms with Crippen molar-refractivity contribution >= 4 is 21.7 Å². The fraction of sp³-hybridized carbons (Fsp3) is 0.280. The molecule has 1 N–H and O–H groups in total. The lowest BCUT2D eigenvalue weighted by Gasteiger charge is -2.14. The van der Waals surface area contributed by atoms with Crippen LogP contribution in [-0.2, 0) is 16.4 Å². The molecule has 4 rings (SSSR count). The molecule has 33 heavy (non-hydrogen) atoms.